The molecule has 1 N–H and O–H groups in total. The molecule has 3 aromatic rings. The van der Waals surface area contributed by atoms with Crippen molar-refractivity contribution in [2.24, 2.45) is 0 Å². The lowest BCUT2D eigenvalue weighted by atomic mass is 10.2. The molecule has 0 aliphatic heterocycles. The van der Waals surface area contributed by atoms with Crippen LogP contribution in [-0.4, -0.2) is 9.97 Å². The zero-order valence-corrected chi connectivity index (χ0v) is 12.1. The van der Waals surface area contributed by atoms with Crippen molar-refractivity contribution in [2.45, 2.75) is 0 Å². The second-order valence-corrected chi connectivity index (χ2v) is 5.58. The molecule has 1 aromatic heterocycles. The maximum atomic E-state index is 6.16. The Morgan fingerprint density at radius 1 is 1.06 bits per heavy atom. The van der Waals surface area contributed by atoms with Crippen molar-refractivity contribution in [1.82, 2.24) is 9.97 Å². The van der Waals surface area contributed by atoms with Crippen LogP contribution in [-0.2, 0) is 0 Å². The van der Waals surface area contributed by atoms with Gasteiger partial charge < -0.3 is 4.98 Å². The number of nitrogens with zero attached hydrogens (tertiary/aromatic N) is 1. The van der Waals surface area contributed by atoms with Crippen molar-refractivity contribution < 1.29 is 0 Å². The fourth-order valence-corrected chi connectivity index (χ4v) is 2.90. The number of benzene rings is 2. The Balaban J connectivity index is 2.26. The van der Waals surface area contributed by atoms with Crippen molar-refractivity contribution in [3.05, 3.63) is 50.9 Å². The predicted octanol–water partition coefficient (Wildman–Crippen LogP) is 5.30. The van der Waals surface area contributed by atoms with Crippen molar-refractivity contribution in [3.8, 4) is 11.4 Å². The van der Waals surface area contributed by atoms with E-state index in [4.69, 9.17) is 23.2 Å². The topological polar surface area (TPSA) is 28.7 Å². The standard InChI is InChI=1S/C13H7BrCl2N2/c14-7-5-10(16)12-11(6-7)17-13(18-12)8-3-1-2-4-9(8)15/h1-6H,(H,17,18). The van der Waals surface area contributed by atoms with Crippen LogP contribution in [0.3, 0.4) is 0 Å². The number of imidazole rings is 1. The van der Waals surface area contributed by atoms with Crippen LogP contribution < -0.4 is 0 Å². The smallest absolute Gasteiger partial charge is 0.140 e. The van der Waals surface area contributed by atoms with Crippen molar-refractivity contribution >= 4 is 50.2 Å². The fraction of sp³-hybridized carbons (Fsp3) is 0. The summed E-state index contributed by atoms with van der Waals surface area (Å²) in [4.78, 5) is 7.72. The molecule has 0 aliphatic rings. The lowest BCUT2D eigenvalue weighted by Gasteiger charge is -1.98. The molecule has 0 spiro atoms. The molecule has 0 atom stereocenters. The molecule has 0 amide bonds. The van der Waals surface area contributed by atoms with E-state index in [1.54, 1.807) is 0 Å². The third-order valence-corrected chi connectivity index (χ3v) is 3.71. The summed E-state index contributed by atoms with van der Waals surface area (Å²) >= 11 is 15.7. The third-order valence-electron chi connectivity index (χ3n) is 2.63. The molecule has 0 bridgehead atoms. The molecule has 0 aliphatic carbocycles. The monoisotopic (exact) mass is 340 g/mol. The van der Waals surface area contributed by atoms with Crippen molar-refractivity contribution in [1.29, 1.82) is 0 Å². The molecular weight excluding hydrogens is 335 g/mol. The maximum absolute atomic E-state index is 6.16. The number of aromatic nitrogens is 2. The molecule has 5 heteroatoms. The highest BCUT2D eigenvalue weighted by Crippen LogP contribution is 2.31. The van der Waals surface area contributed by atoms with Gasteiger partial charge in [0.1, 0.15) is 11.3 Å². The minimum absolute atomic E-state index is 0.605. The van der Waals surface area contributed by atoms with Gasteiger partial charge in [-0.25, -0.2) is 4.98 Å². The average molecular weight is 342 g/mol. The first-order valence-electron chi connectivity index (χ1n) is 5.25. The van der Waals surface area contributed by atoms with E-state index in [-0.39, 0.29) is 0 Å². The van der Waals surface area contributed by atoms with E-state index in [2.05, 4.69) is 25.9 Å². The van der Waals surface area contributed by atoms with Crippen LogP contribution in [0.2, 0.25) is 10.0 Å². The number of H-pyrrole nitrogens is 1. The number of halogens is 3. The van der Waals surface area contributed by atoms with E-state index >= 15 is 0 Å². The molecule has 3 rings (SSSR count). The molecule has 0 saturated heterocycles. The highest BCUT2D eigenvalue weighted by atomic mass is 79.9. The maximum Gasteiger partial charge on any atom is 0.140 e. The lowest BCUT2D eigenvalue weighted by molar-refractivity contribution is 1.34. The van der Waals surface area contributed by atoms with Gasteiger partial charge in [-0.1, -0.05) is 51.3 Å². The third kappa shape index (κ3) is 2.03. The van der Waals surface area contributed by atoms with Gasteiger partial charge in [-0.3, -0.25) is 0 Å². The fourth-order valence-electron chi connectivity index (χ4n) is 1.82. The van der Waals surface area contributed by atoms with E-state index < -0.39 is 0 Å². The van der Waals surface area contributed by atoms with Crippen molar-refractivity contribution in [3.63, 3.8) is 0 Å². The quantitative estimate of drug-likeness (QED) is 0.639. The summed E-state index contributed by atoms with van der Waals surface area (Å²) in [6.45, 7) is 0. The number of hydrogen-bond donors (Lipinski definition) is 1. The van der Waals surface area contributed by atoms with Crippen LogP contribution in [0.25, 0.3) is 22.4 Å². The number of hydrogen-bond acceptors (Lipinski definition) is 1. The van der Waals surface area contributed by atoms with E-state index in [1.807, 2.05) is 36.4 Å². The summed E-state index contributed by atoms with van der Waals surface area (Å²) in [5.74, 6) is 0.718. The second kappa shape index (κ2) is 4.57. The van der Waals surface area contributed by atoms with Gasteiger partial charge in [-0.2, -0.15) is 0 Å². The molecule has 18 heavy (non-hydrogen) atoms. The summed E-state index contributed by atoms with van der Waals surface area (Å²) in [5.41, 5.74) is 2.49. The molecule has 2 nitrogen and oxygen atoms in total. The van der Waals surface area contributed by atoms with Crippen molar-refractivity contribution in [2.75, 3.05) is 0 Å². The Hall–Kier alpha value is -1.03. The van der Waals surface area contributed by atoms with E-state index in [1.165, 1.54) is 0 Å². The van der Waals surface area contributed by atoms with Gasteiger partial charge in [0.25, 0.3) is 0 Å². The Kier molecular flexibility index (Phi) is 3.06. The van der Waals surface area contributed by atoms with Gasteiger partial charge >= 0.3 is 0 Å². The Labute approximate surface area is 122 Å². The van der Waals surface area contributed by atoms with Gasteiger partial charge in [-0.15, -0.1) is 0 Å². The molecule has 0 fully saturated rings. The van der Waals surface area contributed by atoms with Crippen LogP contribution in [0.15, 0.2) is 40.9 Å². The SMILES string of the molecule is Clc1ccccc1-c1nc2c(Cl)cc(Br)cc2[nH]1. The van der Waals surface area contributed by atoms with Crippen LogP contribution >= 0.6 is 39.1 Å². The van der Waals surface area contributed by atoms with Crippen LogP contribution in [0.4, 0.5) is 0 Å². The summed E-state index contributed by atoms with van der Waals surface area (Å²) in [6.07, 6.45) is 0. The highest BCUT2D eigenvalue weighted by Gasteiger charge is 2.11. The minimum atomic E-state index is 0.605. The largest absolute Gasteiger partial charge is 0.338 e. The first kappa shape index (κ1) is 12.0. The second-order valence-electron chi connectivity index (χ2n) is 3.85. The Morgan fingerprint density at radius 3 is 2.61 bits per heavy atom. The molecule has 90 valence electrons. The number of aromatic amines is 1. The van der Waals surface area contributed by atoms with Crippen LogP contribution in [0.5, 0.6) is 0 Å². The predicted molar refractivity (Wildman–Crippen MR) is 79.2 cm³/mol. The molecule has 0 saturated carbocycles. The molecule has 0 unspecified atom stereocenters. The molecule has 1 heterocycles. The van der Waals surface area contributed by atoms with Gasteiger partial charge in [0.2, 0.25) is 0 Å². The molecule has 0 radical (unpaired) electrons. The number of rotatable bonds is 1. The summed E-state index contributed by atoms with van der Waals surface area (Å²) < 4.78 is 0.911. The van der Waals surface area contributed by atoms with Gasteiger partial charge in [0.15, 0.2) is 0 Å². The molecule has 2 aromatic carbocycles. The van der Waals surface area contributed by atoms with E-state index in [0.717, 1.165) is 26.9 Å². The first-order valence-corrected chi connectivity index (χ1v) is 6.80. The van der Waals surface area contributed by atoms with Crippen LogP contribution in [0.1, 0.15) is 0 Å². The Morgan fingerprint density at radius 2 is 1.83 bits per heavy atom. The normalized spacial score (nSPS) is 11.1. The Bertz CT molecular complexity index is 737. The first-order chi connectivity index (χ1) is 8.65. The summed E-state index contributed by atoms with van der Waals surface area (Å²) in [7, 11) is 0. The summed E-state index contributed by atoms with van der Waals surface area (Å²) in [5, 5.41) is 1.26. The molecular formula is C13H7BrCl2N2. The van der Waals surface area contributed by atoms with E-state index in [0.29, 0.717) is 10.0 Å². The highest BCUT2D eigenvalue weighted by molar-refractivity contribution is 9.10. The number of nitrogens with one attached hydrogen (secondary N) is 1. The van der Waals surface area contributed by atoms with E-state index in [9.17, 15) is 0 Å². The zero-order valence-electron chi connectivity index (χ0n) is 9.05. The number of fused-ring (bicyclic) bond motifs is 1. The minimum Gasteiger partial charge on any atom is -0.338 e. The summed E-state index contributed by atoms with van der Waals surface area (Å²) in [6, 6.07) is 11.3. The lowest BCUT2D eigenvalue weighted by Crippen LogP contribution is -1.80. The van der Waals surface area contributed by atoms with Gasteiger partial charge in [-0.05, 0) is 24.3 Å². The van der Waals surface area contributed by atoms with Crippen LogP contribution in [0, 0.1) is 0 Å². The van der Waals surface area contributed by atoms with Gasteiger partial charge in [0, 0.05) is 10.0 Å². The van der Waals surface area contributed by atoms with Gasteiger partial charge in [0.05, 0.1) is 15.6 Å². The average Bonchev–Trinajstić information content (AvgIpc) is 2.73. The zero-order chi connectivity index (χ0) is 12.7.